The van der Waals surface area contributed by atoms with Crippen LogP contribution < -0.4 is 10.1 Å². The fraction of sp³-hybridized carbons (Fsp3) is 0.611. The molecule has 0 aromatic heterocycles. The molecule has 1 aromatic carbocycles. The average molecular weight is 361 g/mol. The lowest BCUT2D eigenvalue weighted by atomic mass is 9.78. The minimum Gasteiger partial charge on any atom is -0.435 e. The van der Waals surface area contributed by atoms with Crippen molar-refractivity contribution in [3.63, 3.8) is 0 Å². The quantitative estimate of drug-likeness (QED) is 0.624. The first-order chi connectivity index (χ1) is 11.8. The van der Waals surface area contributed by atoms with Gasteiger partial charge in [0.1, 0.15) is 5.75 Å². The minimum atomic E-state index is -2.91. The predicted octanol–water partition coefficient (Wildman–Crippen LogP) is 5.07. The summed E-state index contributed by atoms with van der Waals surface area (Å²) in [6, 6.07) is 5.93. The first-order valence-corrected chi connectivity index (χ1v) is 8.51. The lowest BCUT2D eigenvalue weighted by molar-refractivity contribution is -0.127. The van der Waals surface area contributed by atoms with Crippen LogP contribution in [0.5, 0.6) is 5.75 Å². The van der Waals surface area contributed by atoms with Crippen molar-refractivity contribution in [3.05, 3.63) is 29.8 Å². The van der Waals surface area contributed by atoms with E-state index < -0.39 is 12.5 Å². The molecule has 2 rings (SSSR count). The van der Waals surface area contributed by atoms with Crippen molar-refractivity contribution in [1.82, 2.24) is 5.32 Å². The molecule has 3 nitrogen and oxygen atoms in total. The molecule has 0 radical (unpaired) electrons. The van der Waals surface area contributed by atoms with Gasteiger partial charge in [0, 0.05) is 19.3 Å². The molecule has 0 heterocycles. The standard InChI is InChI=1S/C18H23F4NO2/c1-2-4-15(13-5-3-6-14(9-13)25-17(19)20)23-16(24)8-7-12-10-18(21,22)11-12/h3,5-6,9,12,15,17H,2,4,7-8,10-11H2,1H3,(H,23,24)/t15-/m0/s1. The fourth-order valence-corrected chi connectivity index (χ4v) is 3.11. The van der Waals surface area contributed by atoms with E-state index in [2.05, 4.69) is 10.1 Å². The second-order valence-electron chi connectivity index (χ2n) is 6.53. The van der Waals surface area contributed by atoms with E-state index in [1.54, 1.807) is 12.1 Å². The lowest BCUT2D eigenvalue weighted by Crippen LogP contribution is -2.36. The van der Waals surface area contributed by atoms with Gasteiger partial charge in [-0.25, -0.2) is 8.78 Å². The minimum absolute atomic E-state index is 0.0413. The summed E-state index contributed by atoms with van der Waals surface area (Å²) in [4.78, 5) is 12.1. The first kappa shape index (κ1) is 19.5. The fourth-order valence-electron chi connectivity index (χ4n) is 3.11. The third-order valence-electron chi connectivity index (χ3n) is 4.35. The highest BCUT2D eigenvalue weighted by Gasteiger charge is 2.44. The first-order valence-electron chi connectivity index (χ1n) is 8.51. The van der Waals surface area contributed by atoms with E-state index in [1.165, 1.54) is 12.1 Å². The van der Waals surface area contributed by atoms with Gasteiger partial charge in [0.05, 0.1) is 6.04 Å². The SMILES string of the molecule is CCC[C@H](NC(=O)CCC1CC(F)(F)C1)c1cccc(OC(F)F)c1. The maximum Gasteiger partial charge on any atom is 0.387 e. The van der Waals surface area contributed by atoms with E-state index in [1.807, 2.05) is 6.92 Å². The van der Waals surface area contributed by atoms with Crippen LogP contribution in [-0.2, 0) is 4.79 Å². The van der Waals surface area contributed by atoms with E-state index in [0.717, 1.165) is 6.42 Å². The van der Waals surface area contributed by atoms with Gasteiger partial charge in [0.2, 0.25) is 11.8 Å². The second-order valence-corrected chi connectivity index (χ2v) is 6.53. The van der Waals surface area contributed by atoms with Crippen molar-refractivity contribution >= 4 is 5.91 Å². The Morgan fingerprint density at radius 3 is 2.68 bits per heavy atom. The topological polar surface area (TPSA) is 38.3 Å². The number of amides is 1. The summed E-state index contributed by atoms with van der Waals surface area (Å²) in [5.41, 5.74) is 0.684. The lowest BCUT2D eigenvalue weighted by Gasteiger charge is -2.34. The van der Waals surface area contributed by atoms with Crippen LogP contribution in [0.2, 0.25) is 0 Å². The van der Waals surface area contributed by atoms with E-state index in [4.69, 9.17) is 0 Å². The number of benzene rings is 1. The Morgan fingerprint density at radius 1 is 1.36 bits per heavy atom. The smallest absolute Gasteiger partial charge is 0.387 e. The van der Waals surface area contributed by atoms with Crippen molar-refractivity contribution in [3.8, 4) is 5.75 Å². The summed E-state index contributed by atoms with van der Waals surface area (Å²) in [5, 5.41) is 2.87. The van der Waals surface area contributed by atoms with Gasteiger partial charge in [-0.15, -0.1) is 0 Å². The molecule has 7 heteroatoms. The van der Waals surface area contributed by atoms with Gasteiger partial charge in [-0.3, -0.25) is 4.79 Å². The molecule has 1 amide bonds. The summed E-state index contributed by atoms with van der Waals surface area (Å²) in [5.74, 6) is -2.85. The van der Waals surface area contributed by atoms with Gasteiger partial charge in [0.25, 0.3) is 0 Å². The number of carbonyl (C=O) groups excluding carboxylic acids is 1. The molecule has 1 aliphatic rings. The number of ether oxygens (including phenoxy) is 1. The number of rotatable bonds is 9. The molecule has 0 saturated heterocycles. The third-order valence-corrected chi connectivity index (χ3v) is 4.35. The van der Waals surface area contributed by atoms with E-state index in [-0.39, 0.29) is 42.9 Å². The number of hydrogen-bond donors (Lipinski definition) is 1. The van der Waals surface area contributed by atoms with Crippen LogP contribution in [-0.4, -0.2) is 18.4 Å². The van der Waals surface area contributed by atoms with Crippen LogP contribution in [0.15, 0.2) is 24.3 Å². The molecule has 0 unspecified atom stereocenters. The number of alkyl halides is 4. The molecule has 0 aliphatic heterocycles. The molecule has 1 atom stereocenters. The Labute approximate surface area is 144 Å². The Bertz CT molecular complexity index is 572. The Balaban J connectivity index is 1.90. The zero-order valence-electron chi connectivity index (χ0n) is 14.1. The number of halogens is 4. The second kappa shape index (κ2) is 8.54. The molecule has 1 fully saturated rings. The summed E-state index contributed by atoms with van der Waals surface area (Å²) in [7, 11) is 0. The number of carbonyl (C=O) groups is 1. The molecular formula is C18H23F4NO2. The van der Waals surface area contributed by atoms with E-state index >= 15 is 0 Å². The Morgan fingerprint density at radius 2 is 2.08 bits per heavy atom. The van der Waals surface area contributed by atoms with Crippen molar-refractivity contribution < 1.29 is 27.1 Å². The van der Waals surface area contributed by atoms with Gasteiger partial charge in [-0.1, -0.05) is 25.5 Å². The molecule has 1 aromatic rings. The zero-order valence-corrected chi connectivity index (χ0v) is 14.1. The maximum atomic E-state index is 12.8. The summed E-state index contributed by atoms with van der Waals surface area (Å²) < 4.78 is 54.7. The highest BCUT2D eigenvalue weighted by Crippen LogP contribution is 2.44. The van der Waals surface area contributed by atoms with Crippen LogP contribution in [0.25, 0.3) is 0 Å². The van der Waals surface area contributed by atoms with Gasteiger partial charge in [-0.2, -0.15) is 8.78 Å². The van der Waals surface area contributed by atoms with Crippen LogP contribution in [0, 0.1) is 5.92 Å². The molecule has 1 aliphatic carbocycles. The molecular weight excluding hydrogens is 338 g/mol. The highest BCUT2D eigenvalue weighted by molar-refractivity contribution is 5.76. The Kier molecular flexibility index (Phi) is 6.67. The summed E-state index contributed by atoms with van der Waals surface area (Å²) >= 11 is 0. The van der Waals surface area contributed by atoms with Crippen molar-refractivity contribution in [1.29, 1.82) is 0 Å². The highest BCUT2D eigenvalue weighted by atomic mass is 19.3. The molecule has 1 saturated carbocycles. The van der Waals surface area contributed by atoms with Gasteiger partial charge < -0.3 is 10.1 Å². The van der Waals surface area contributed by atoms with E-state index in [9.17, 15) is 22.4 Å². The molecule has 140 valence electrons. The van der Waals surface area contributed by atoms with E-state index in [0.29, 0.717) is 18.4 Å². The number of hydrogen-bond acceptors (Lipinski definition) is 2. The largest absolute Gasteiger partial charge is 0.435 e. The molecule has 0 bridgehead atoms. The van der Waals surface area contributed by atoms with Crippen LogP contribution in [0.1, 0.15) is 57.1 Å². The Hall–Kier alpha value is -1.79. The van der Waals surface area contributed by atoms with Crippen LogP contribution in [0.4, 0.5) is 17.6 Å². The molecule has 1 N–H and O–H groups in total. The van der Waals surface area contributed by atoms with Gasteiger partial charge in [0.15, 0.2) is 0 Å². The predicted molar refractivity (Wildman–Crippen MR) is 85.8 cm³/mol. The van der Waals surface area contributed by atoms with Crippen molar-refractivity contribution in [2.24, 2.45) is 5.92 Å². The van der Waals surface area contributed by atoms with Crippen molar-refractivity contribution in [2.75, 3.05) is 0 Å². The van der Waals surface area contributed by atoms with Crippen LogP contribution in [0.3, 0.4) is 0 Å². The average Bonchev–Trinajstić information content (AvgIpc) is 2.50. The van der Waals surface area contributed by atoms with Gasteiger partial charge in [-0.05, 0) is 36.5 Å². The number of nitrogens with one attached hydrogen (secondary N) is 1. The molecule has 25 heavy (non-hydrogen) atoms. The van der Waals surface area contributed by atoms with Crippen molar-refractivity contribution in [2.45, 2.75) is 64.0 Å². The zero-order chi connectivity index (χ0) is 18.4. The normalized spacial score (nSPS) is 17.8. The van der Waals surface area contributed by atoms with Crippen LogP contribution >= 0.6 is 0 Å². The summed E-state index contributed by atoms with van der Waals surface area (Å²) in [6.07, 6.45) is 1.77. The summed E-state index contributed by atoms with van der Waals surface area (Å²) in [6.45, 7) is -0.954. The van der Waals surface area contributed by atoms with Gasteiger partial charge >= 0.3 is 6.61 Å². The molecule has 0 spiro atoms. The monoisotopic (exact) mass is 361 g/mol. The maximum absolute atomic E-state index is 12.8. The third kappa shape index (κ3) is 6.21.